The van der Waals surface area contributed by atoms with Crippen LogP contribution in [0, 0.1) is 11.3 Å². The lowest BCUT2D eigenvalue weighted by Crippen LogP contribution is -2.41. The Morgan fingerprint density at radius 3 is 1.96 bits per heavy atom. The normalized spacial score (nSPS) is 12.8. The second-order valence-corrected chi connectivity index (χ2v) is 5.75. The van der Waals surface area contributed by atoms with E-state index in [4.69, 9.17) is 0 Å². The Hall–Kier alpha value is -2.64. The first-order valence-corrected chi connectivity index (χ1v) is 8.15. The summed E-state index contributed by atoms with van der Waals surface area (Å²) in [5, 5.41) is 21.8. The molecule has 0 saturated heterocycles. The quantitative estimate of drug-likeness (QED) is 0.784. The molecule has 0 fully saturated rings. The highest BCUT2D eigenvalue weighted by molar-refractivity contribution is 5.81. The van der Waals surface area contributed by atoms with Crippen molar-refractivity contribution in [3.05, 3.63) is 71.8 Å². The molecule has 2 atom stereocenters. The highest BCUT2D eigenvalue weighted by Gasteiger charge is 2.18. The van der Waals surface area contributed by atoms with E-state index in [1.165, 1.54) is 0 Å². The van der Waals surface area contributed by atoms with Crippen molar-refractivity contribution in [3.63, 3.8) is 0 Å². The molecule has 2 N–H and O–H groups in total. The Balaban J connectivity index is 1.77. The number of nitrogens with one attached hydrogen (secondary N) is 1. The molecule has 2 unspecified atom stereocenters. The molecule has 0 aliphatic carbocycles. The first-order valence-electron chi connectivity index (χ1n) is 8.15. The summed E-state index contributed by atoms with van der Waals surface area (Å²) in [4.78, 5) is 12.0. The first kappa shape index (κ1) is 17.7. The molecule has 0 aliphatic heterocycles. The summed E-state index contributed by atoms with van der Waals surface area (Å²) < 4.78 is 0. The smallest absolute Gasteiger partial charge is 0.249 e. The van der Waals surface area contributed by atoms with Gasteiger partial charge in [-0.2, -0.15) is 5.26 Å². The van der Waals surface area contributed by atoms with Crippen LogP contribution in [0.2, 0.25) is 0 Å². The van der Waals surface area contributed by atoms with E-state index in [-0.39, 0.29) is 0 Å². The van der Waals surface area contributed by atoms with Crippen molar-refractivity contribution in [1.82, 2.24) is 5.32 Å². The van der Waals surface area contributed by atoms with Crippen molar-refractivity contribution in [3.8, 4) is 6.07 Å². The molecule has 4 heteroatoms. The van der Waals surface area contributed by atoms with E-state index in [0.29, 0.717) is 25.7 Å². The molecule has 0 saturated carbocycles. The number of carbonyl (C=O) groups is 1. The maximum Gasteiger partial charge on any atom is 0.249 e. The van der Waals surface area contributed by atoms with Gasteiger partial charge in [-0.1, -0.05) is 60.7 Å². The zero-order valence-electron chi connectivity index (χ0n) is 13.6. The van der Waals surface area contributed by atoms with Crippen LogP contribution in [0.1, 0.15) is 24.0 Å². The van der Waals surface area contributed by atoms with Crippen LogP contribution in [0.5, 0.6) is 0 Å². The summed E-state index contributed by atoms with van der Waals surface area (Å²) in [7, 11) is 0. The number of benzene rings is 2. The Labute approximate surface area is 142 Å². The van der Waals surface area contributed by atoms with Gasteiger partial charge in [0.05, 0.1) is 6.07 Å². The average molecular weight is 322 g/mol. The highest BCUT2D eigenvalue weighted by atomic mass is 16.3. The van der Waals surface area contributed by atoms with Gasteiger partial charge < -0.3 is 10.4 Å². The molecule has 4 nitrogen and oxygen atoms in total. The first-order chi connectivity index (χ1) is 11.7. The Kier molecular flexibility index (Phi) is 7.00. The fourth-order valence-corrected chi connectivity index (χ4v) is 2.47. The summed E-state index contributed by atoms with van der Waals surface area (Å²) in [6, 6.07) is 21.0. The lowest BCUT2D eigenvalue weighted by molar-refractivity contribution is -0.130. The third-order valence-corrected chi connectivity index (χ3v) is 3.89. The van der Waals surface area contributed by atoms with Gasteiger partial charge in [0.2, 0.25) is 5.91 Å². The minimum absolute atomic E-state index is 0.340. The molecule has 0 heterocycles. The molecule has 24 heavy (non-hydrogen) atoms. The number of nitrogens with zero attached hydrogens (tertiary/aromatic N) is 1. The van der Waals surface area contributed by atoms with Crippen LogP contribution < -0.4 is 5.32 Å². The maximum absolute atomic E-state index is 12.0. The van der Waals surface area contributed by atoms with Crippen LogP contribution in [-0.2, 0) is 17.6 Å². The largest absolute Gasteiger partial charge is 0.383 e. The van der Waals surface area contributed by atoms with E-state index < -0.39 is 18.1 Å². The van der Waals surface area contributed by atoms with E-state index in [0.717, 1.165) is 11.1 Å². The van der Waals surface area contributed by atoms with E-state index in [9.17, 15) is 15.2 Å². The molecule has 0 aromatic heterocycles. The fraction of sp³-hybridized carbons (Fsp3) is 0.300. The number of aryl methyl sites for hydroxylation is 2. The Bertz CT molecular complexity index is 665. The monoisotopic (exact) mass is 322 g/mol. The van der Waals surface area contributed by atoms with E-state index in [1.807, 2.05) is 60.7 Å². The predicted octanol–water partition coefficient (Wildman–Crippen LogP) is 2.62. The van der Waals surface area contributed by atoms with Crippen molar-refractivity contribution >= 4 is 5.91 Å². The van der Waals surface area contributed by atoms with Gasteiger partial charge >= 0.3 is 0 Å². The van der Waals surface area contributed by atoms with Gasteiger partial charge in [0.1, 0.15) is 12.1 Å². The number of amides is 1. The minimum atomic E-state index is -1.10. The lowest BCUT2D eigenvalue weighted by atomic mass is 10.0. The topological polar surface area (TPSA) is 73.1 Å². The summed E-state index contributed by atoms with van der Waals surface area (Å²) in [6.45, 7) is 0. The van der Waals surface area contributed by atoms with Crippen LogP contribution in [-0.4, -0.2) is 23.2 Å². The van der Waals surface area contributed by atoms with Gasteiger partial charge in [-0.05, 0) is 36.8 Å². The number of hydrogen-bond donors (Lipinski definition) is 2. The molecule has 0 aliphatic rings. The van der Waals surface area contributed by atoms with Gasteiger partial charge in [-0.3, -0.25) is 4.79 Å². The SMILES string of the molecule is N#CC(CCc1ccccc1)NC(=O)C(O)CCc1ccccc1. The molecule has 0 bridgehead atoms. The molecule has 0 radical (unpaired) electrons. The Morgan fingerprint density at radius 2 is 1.46 bits per heavy atom. The van der Waals surface area contributed by atoms with Crippen LogP contribution in [0.4, 0.5) is 0 Å². The number of carbonyl (C=O) groups excluding carboxylic acids is 1. The summed E-state index contributed by atoms with van der Waals surface area (Å²) in [6.07, 6.45) is 1.10. The number of aliphatic hydroxyl groups excluding tert-OH is 1. The van der Waals surface area contributed by atoms with Crippen molar-refractivity contribution in [2.24, 2.45) is 0 Å². The summed E-state index contributed by atoms with van der Waals surface area (Å²) in [5.74, 6) is -0.481. The van der Waals surface area contributed by atoms with Crippen molar-refractivity contribution in [2.75, 3.05) is 0 Å². The van der Waals surface area contributed by atoms with Gasteiger partial charge in [-0.25, -0.2) is 0 Å². The maximum atomic E-state index is 12.0. The van der Waals surface area contributed by atoms with Crippen LogP contribution in [0.3, 0.4) is 0 Å². The van der Waals surface area contributed by atoms with E-state index >= 15 is 0 Å². The summed E-state index contributed by atoms with van der Waals surface area (Å²) >= 11 is 0. The third kappa shape index (κ3) is 5.86. The van der Waals surface area contributed by atoms with E-state index in [1.54, 1.807) is 0 Å². The molecule has 2 rings (SSSR count). The fourth-order valence-electron chi connectivity index (χ4n) is 2.47. The summed E-state index contributed by atoms with van der Waals surface area (Å²) in [5.41, 5.74) is 2.20. The van der Waals surface area contributed by atoms with Crippen molar-refractivity contribution in [2.45, 2.75) is 37.8 Å². The zero-order chi connectivity index (χ0) is 17.2. The molecular weight excluding hydrogens is 300 g/mol. The molecule has 0 spiro atoms. The highest BCUT2D eigenvalue weighted by Crippen LogP contribution is 2.07. The molecule has 124 valence electrons. The average Bonchev–Trinajstić information content (AvgIpc) is 2.64. The second-order valence-electron chi connectivity index (χ2n) is 5.75. The molecule has 2 aromatic rings. The van der Waals surface area contributed by atoms with Crippen LogP contribution in [0.25, 0.3) is 0 Å². The van der Waals surface area contributed by atoms with Crippen LogP contribution in [0.15, 0.2) is 60.7 Å². The van der Waals surface area contributed by atoms with Gasteiger partial charge in [-0.15, -0.1) is 0 Å². The molecule has 1 amide bonds. The second kappa shape index (κ2) is 9.49. The van der Waals surface area contributed by atoms with Gasteiger partial charge in [0.25, 0.3) is 0 Å². The van der Waals surface area contributed by atoms with Crippen molar-refractivity contribution in [1.29, 1.82) is 5.26 Å². The molecule has 2 aromatic carbocycles. The van der Waals surface area contributed by atoms with Crippen molar-refractivity contribution < 1.29 is 9.90 Å². The van der Waals surface area contributed by atoms with E-state index in [2.05, 4.69) is 11.4 Å². The van der Waals surface area contributed by atoms with Crippen LogP contribution >= 0.6 is 0 Å². The molecular formula is C20H22N2O2. The number of hydrogen-bond acceptors (Lipinski definition) is 3. The van der Waals surface area contributed by atoms with Gasteiger partial charge in [0, 0.05) is 0 Å². The lowest BCUT2D eigenvalue weighted by Gasteiger charge is -2.15. The minimum Gasteiger partial charge on any atom is -0.383 e. The standard InChI is InChI=1S/C20H22N2O2/c21-15-18(13-11-16-7-3-1-4-8-16)22-20(24)19(23)14-12-17-9-5-2-6-10-17/h1-10,18-19,23H,11-14H2,(H,22,24). The Morgan fingerprint density at radius 1 is 0.958 bits per heavy atom. The number of rotatable bonds is 8. The third-order valence-electron chi connectivity index (χ3n) is 3.89. The zero-order valence-corrected chi connectivity index (χ0v) is 13.6. The predicted molar refractivity (Wildman–Crippen MR) is 93.1 cm³/mol. The van der Waals surface area contributed by atoms with Gasteiger partial charge in [0.15, 0.2) is 0 Å². The number of nitriles is 1. The number of aliphatic hydroxyl groups is 1.